The molecule has 4 rings (SSSR count). The van der Waals surface area contributed by atoms with Gasteiger partial charge in [0, 0.05) is 25.6 Å². The number of hydrogen-bond donors (Lipinski definition) is 4. The van der Waals surface area contributed by atoms with Crippen molar-refractivity contribution in [2.45, 2.75) is 82.1 Å². The van der Waals surface area contributed by atoms with Crippen molar-refractivity contribution in [2.75, 3.05) is 46.6 Å². The van der Waals surface area contributed by atoms with E-state index in [4.69, 9.17) is 19.9 Å². The number of ketones is 1. The molecule has 12 heteroatoms. The highest BCUT2D eigenvalue weighted by Gasteiger charge is 2.50. The quantitative estimate of drug-likeness (QED) is 0.220. The number of carbonyl (C=O) groups excluding carboxylic acids is 4. The maximum absolute atomic E-state index is 13.8. The number of rotatable bonds is 14. The molecule has 2 heterocycles. The molecule has 0 aromatic heterocycles. The Bertz CT molecular complexity index is 1110. The number of epoxide rings is 1. The lowest BCUT2D eigenvalue weighted by molar-refractivity contribution is -0.134. The monoisotopic (exact) mass is 601 g/mol. The predicted molar refractivity (Wildman–Crippen MR) is 159 cm³/mol. The Morgan fingerprint density at radius 1 is 1.00 bits per heavy atom. The Hall–Kier alpha value is -3.06. The van der Waals surface area contributed by atoms with Crippen LogP contribution in [0.15, 0.2) is 24.3 Å². The van der Waals surface area contributed by atoms with E-state index < -0.39 is 35.5 Å². The Balaban J connectivity index is 1.44. The van der Waals surface area contributed by atoms with Crippen molar-refractivity contribution < 1.29 is 33.4 Å². The van der Waals surface area contributed by atoms with Crippen molar-refractivity contribution in [3.8, 4) is 5.75 Å². The fraction of sp³-hybridized carbons (Fsp3) is 0.677. The zero-order valence-corrected chi connectivity index (χ0v) is 25.6. The molecule has 4 atom stereocenters. The van der Waals surface area contributed by atoms with Gasteiger partial charge in [0.1, 0.15) is 23.4 Å². The van der Waals surface area contributed by atoms with Crippen LogP contribution in [-0.2, 0) is 35.1 Å². The van der Waals surface area contributed by atoms with Crippen molar-refractivity contribution in [2.24, 2.45) is 11.7 Å². The molecule has 2 saturated heterocycles. The predicted octanol–water partition coefficient (Wildman–Crippen LogP) is 0.310. The first-order valence-electron chi connectivity index (χ1n) is 15.3. The van der Waals surface area contributed by atoms with Gasteiger partial charge in [-0.05, 0) is 69.6 Å². The number of benzene rings is 1. The summed E-state index contributed by atoms with van der Waals surface area (Å²) in [6.07, 6.45) is 4.24. The van der Waals surface area contributed by atoms with Crippen LogP contribution in [0.4, 0.5) is 0 Å². The Labute approximate surface area is 253 Å². The van der Waals surface area contributed by atoms with Crippen LogP contribution in [0.5, 0.6) is 5.75 Å². The Morgan fingerprint density at radius 2 is 1.63 bits per heavy atom. The number of methoxy groups -OCH3 is 1. The number of carbonyl (C=O) groups is 4. The molecule has 43 heavy (non-hydrogen) atoms. The highest BCUT2D eigenvalue weighted by Crippen LogP contribution is 2.33. The number of amides is 3. The molecule has 1 aromatic rings. The van der Waals surface area contributed by atoms with E-state index in [1.54, 1.807) is 33.1 Å². The van der Waals surface area contributed by atoms with E-state index in [9.17, 15) is 19.2 Å². The van der Waals surface area contributed by atoms with Crippen LogP contribution in [0, 0.1) is 5.92 Å². The second-order valence-electron chi connectivity index (χ2n) is 12.3. The first kappa shape index (κ1) is 32.8. The van der Waals surface area contributed by atoms with Crippen LogP contribution in [-0.4, -0.2) is 105 Å². The maximum atomic E-state index is 13.8. The number of ether oxygens (including phenoxy) is 3. The molecule has 0 unspecified atom stereocenters. The molecule has 1 aliphatic carbocycles. The van der Waals surface area contributed by atoms with Gasteiger partial charge in [0.25, 0.3) is 0 Å². The molecule has 0 radical (unpaired) electrons. The van der Waals surface area contributed by atoms with Crippen LogP contribution in [0.2, 0.25) is 0 Å². The molecule has 238 valence electrons. The summed E-state index contributed by atoms with van der Waals surface area (Å²) in [6.45, 7) is 6.23. The maximum Gasteiger partial charge on any atom is 0.243 e. The van der Waals surface area contributed by atoms with Gasteiger partial charge in [-0.15, -0.1) is 0 Å². The van der Waals surface area contributed by atoms with Crippen LogP contribution in [0.25, 0.3) is 0 Å². The van der Waals surface area contributed by atoms with Gasteiger partial charge in [0.2, 0.25) is 17.7 Å². The van der Waals surface area contributed by atoms with Gasteiger partial charge in [-0.3, -0.25) is 24.1 Å². The third-order valence-corrected chi connectivity index (χ3v) is 8.67. The van der Waals surface area contributed by atoms with E-state index >= 15 is 0 Å². The molecule has 1 saturated carbocycles. The van der Waals surface area contributed by atoms with E-state index in [1.165, 1.54) is 0 Å². The summed E-state index contributed by atoms with van der Waals surface area (Å²) in [5.41, 5.74) is 5.98. The zero-order chi connectivity index (χ0) is 31.0. The number of morpholine rings is 1. The summed E-state index contributed by atoms with van der Waals surface area (Å²) < 4.78 is 16.0. The third kappa shape index (κ3) is 9.72. The number of nitrogens with two attached hydrogens (primary N) is 1. The number of hydrogen-bond acceptors (Lipinski definition) is 9. The lowest BCUT2D eigenvalue weighted by atomic mass is 9.81. The van der Waals surface area contributed by atoms with E-state index in [0.717, 1.165) is 31.2 Å². The largest absolute Gasteiger partial charge is 0.497 e. The highest BCUT2D eigenvalue weighted by molar-refractivity contribution is 5.98. The average molecular weight is 602 g/mol. The Kier molecular flexibility index (Phi) is 11.5. The van der Waals surface area contributed by atoms with Gasteiger partial charge in [-0.2, -0.15) is 0 Å². The molecule has 3 aliphatic rings. The van der Waals surface area contributed by atoms with E-state index in [1.807, 2.05) is 17.0 Å². The smallest absolute Gasteiger partial charge is 0.243 e. The van der Waals surface area contributed by atoms with Crippen molar-refractivity contribution >= 4 is 23.5 Å². The second-order valence-corrected chi connectivity index (χ2v) is 12.3. The first-order chi connectivity index (χ1) is 20.6. The van der Waals surface area contributed by atoms with Gasteiger partial charge in [-0.25, -0.2) is 0 Å². The molecular weight excluding hydrogens is 554 g/mol. The fourth-order valence-corrected chi connectivity index (χ4v) is 5.70. The first-order valence-corrected chi connectivity index (χ1v) is 15.3. The minimum absolute atomic E-state index is 0.158. The minimum Gasteiger partial charge on any atom is -0.497 e. The summed E-state index contributed by atoms with van der Waals surface area (Å²) in [4.78, 5) is 55.1. The van der Waals surface area contributed by atoms with Crippen molar-refractivity contribution in [3.63, 3.8) is 0 Å². The van der Waals surface area contributed by atoms with Gasteiger partial charge in [0.05, 0.1) is 39.5 Å². The fourth-order valence-electron chi connectivity index (χ4n) is 5.70. The number of nitrogens with zero attached hydrogens (tertiary/aromatic N) is 1. The van der Waals surface area contributed by atoms with Crippen molar-refractivity contribution in [1.29, 1.82) is 0 Å². The summed E-state index contributed by atoms with van der Waals surface area (Å²) >= 11 is 0. The molecule has 3 amide bonds. The van der Waals surface area contributed by atoms with Gasteiger partial charge in [-0.1, -0.05) is 12.1 Å². The van der Waals surface area contributed by atoms with Crippen LogP contribution >= 0.6 is 0 Å². The van der Waals surface area contributed by atoms with Gasteiger partial charge < -0.3 is 35.9 Å². The topological polar surface area (TPSA) is 165 Å². The third-order valence-electron chi connectivity index (χ3n) is 8.67. The summed E-state index contributed by atoms with van der Waals surface area (Å²) in [7, 11) is 1.57. The molecule has 0 bridgehead atoms. The molecule has 0 spiro atoms. The minimum atomic E-state index is -0.984. The number of nitrogens with one attached hydrogen (secondary N) is 3. The van der Waals surface area contributed by atoms with Crippen molar-refractivity contribution in [3.05, 3.63) is 29.8 Å². The van der Waals surface area contributed by atoms with Crippen LogP contribution in [0.3, 0.4) is 0 Å². The van der Waals surface area contributed by atoms with E-state index in [-0.39, 0.29) is 36.6 Å². The Morgan fingerprint density at radius 3 is 2.23 bits per heavy atom. The van der Waals surface area contributed by atoms with Gasteiger partial charge >= 0.3 is 0 Å². The molecule has 3 fully saturated rings. The second kappa shape index (κ2) is 15.1. The standard InChI is InChI=1S/C31H47N5O7/c1-20(33-27(37)18-36-12-14-42-15-13-36)29(39)35-26(17-22-6-10-24(41-3)11-7-22)30(40)34-25(28(38)31(2)19-43-31)16-21-4-8-23(32)9-5-21/h6-7,10-11,20-21,23,25-26H,4-5,8-9,12-19,32H2,1-3H3,(H,33,37)(H,34,40)(H,35,39)/t20-,21?,23?,25-,26-,31+/m0/s1. The van der Waals surface area contributed by atoms with Crippen LogP contribution < -0.4 is 26.4 Å². The molecule has 5 N–H and O–H groups in total. The SMILES string of the molecule is COc1ccc(C[C@H](NC(=O)[C@H](C)NC(=O)CN2CCOCC2)C(=O)N[C@@H](CC2CCC(N)CC2)C(=O)[C@@]2(C)CO2)cc1. The molecule has 12 nitrogen and oxygen atoms in total. The molecular formula is C31H47N5O7. The van der Waals surface area contributed by atoms with E-state index in [2.05, 4.69) is 16.0 Å². The van der Waals surface area contributed by atoms with E-state index in [0.29, 0.717) is 45.1 Å². The lowest BCUT2D eigenvalue weighted by Gasteiger charge is -2.31. The number of Topliss-reactive ketones (excluding diaryl/α,β-unsaturated/α-hetero) is 1. The normalized spacial score (nSPS) is 26.0. The summed E-state index contributed by atoms with van der Waals surface area (Å²) in [5.74, 6) is -0.476. The average Bonchev–Trinajstić information content (AvgIpc) is 3.76. The van der Waals surface area contributed by atoms with Gasteiger partial charge in [0.15, 0.2) is 5.78 Å². The molecule has 1 aromatic carbocycles. The van der Waals surface area contributed by atoms with Crippen molar-refractivity contribution in [1.82, 2.24) is 20.9 Å². The summed E-state index contributed by atoms with van der Waals surface area (Å²) in [6, 6.07) is 4.78. The van der Waals surface area contributed by atoms with Crippen LogP contribution in [0.1, 0.15) is 51.5 Å². The molecule has 2 aliphatic heterocycles. The highest BCUT2D eigenvalue weighted by atomic mass is 16.6. The zero-order valence-electron chi connectivity index (χ0n) is 25.6. The lowest BCUT2D eigenvalue weighted by Crippen LogP contribution is -2.57. The summed E-state index contributed by atoms with van der Waals surface area (Å²) in [5, 5.41) is 8.51.